The van der Waals surface area contributed by atoms with Crippen LogP contribution < -0.4 is 10.6 Å². The van der Waals surface area contributed by atoms with Crippen LogP contribution in [-0.4, -0.2) is 37.6 Å². The Labute approximate surface area is 137 Å². The quantitative estimate of drug-likeness (QED) is 0.790. The Bertz CT molecular complexity index is 778. The molecule has 0 bridgehead atoms. The molecular formula is C14H16ClN5O3. The van der Waals surface area contributed by atoms with Crippen molar-refractivity contribution in [1.29, 1.82) is 0 Å². The Morgan fingerprint density at radius 1 is 1.22 bits per heavy atom. The van der Waals surface area contributed by atoms with Crippen LogP contribution in [0.4, 0.5) is 10.5 Å². The van der Waals surface area contributed by atoms with E-state index in [2.05, 4.69) is 10.4 Å². The molecule has 0 aliphatic heterocycles. The summed E-state index contributed by atoms with van der Waals surface area (Å²) in [5.74, 6) is -0.259. The topological polar surface area (TPSA) is 90.1 Å². The number of carbonyl (C=O) groups excluding carboxylic acids is 2. The van der Waals surface area contributed by atoms with E-state index < -0.39 is 11.7 Å². The highest BCUT2D eigenvalue weighted by Crippen LogP contribution is 2.20. The minimum atomic E-state index is -0.759. The molecule has 0 N–H and O–H groups in total. The maximum atomic E-state index is 12.6. The van der Waals surface area contributed by atoms with Gasteiger partial charge in [0.05, 0.1) is 0 Å². The average molecular weight is 338 g/mol. The van der Waals surface area contributed by atoms with E-state index in [1.165, 1.54) is 11.8 Å². The molecule has 2 aromatic rings. The molecular weight excluding hydrogens is 322 g/mol. The molecule has 0 saturated heterocycles. The van der Waals surface area contributed by atoms with Crippen LogP contribution >= 0.6 is 11.6 Å². The monoisotopic (exact) mass is 337 g/mol. The molecule has 0 unspecified atom stereocenters. The maximum Gasteiger partial charge on any atom is 0.372 e. The van der Waals surface area contributed by atoms with Crippen molar-refractivity contribution in [1.82, 2.24) is 19.8 Å². The van der Waals surface area contributed by atoms with Crippen molar-refractivity contribution >= 4 is 29.1 Å². The summed E-state index contributed by atoms with van der Waals surface area (Å²) in [6, 6.07) is 5.76. The summed E-state index contributed by atoms with van der Waals surface area (Å²) in [5.41, 5.74) is -0.188. The van der Waals surface area contributed by atoms with Gasteiger partial charge in [-0.3, -0.25) is 9.69 Å². The first kappa shape index (κ1) is 16.9. The van der Waals surface area contributed by atoms with Crippen LogP contribution in [0.25, 0.3) is 0 Å². The number of Topliss-reactive ketones (excluding diaryl/α,β-unsaturated/α-hetero) is 1. The van der Waals surface area contributed by atoms with Gasteiger partial charge in [0.1, 0.15) is 6.54 Å². The standard InChI is InChI=1S/C14H16ClN5O3/c1-9(2)19(12-6-4-11(15)5-7-12)14(23)20-13(22)18(16-17-20)8-10(3)21/h4-7,9H,8H2,1-3H3. The zero-order valence-electron chi connectivity index (χ0n) is 12.9. The molecule has 0 saturated carbocycles. The Kier molecular flexibility index (Phi) is 4.95. The highest BCUT2D eigenvalue weighted by molar-refractivity contribution is 6.30. The van der Waals surface area contributed by atoms with Crippen LogP contribution in [0.1, 0.15) is 20.8 Å². The Morgan fingerprint density at radius 3 is 2.35 bits per heavy atom. The molecule has 122 valence electrons. The molecule has 8 nitrogen and oxygen atoms in total. The third-order valence-corrected chi connectivity index (χ3v) is 3.27. The number of amides is 1. The number of aromatic nitrogens is 4. The first-order valence-corrected chi connectivity index (χ1v) is 7.30. The number of tetrazole rings is 1. The highest BCUT2D eigenvalue weighted by Gasteiger charge is 2.25. The SMILES string of the molecule is CC(=O)Cn1nnn(C(=O)N(c2ccc(Cl)cc2)C(C)C)c1=O. The van der Waals surface area contributed by atoms with E-state index in [-0.39, 0.29) is 18.4 Å². The van der Waals surface area contributed by atoms with Gasteiger partial charge >= 0.3 is 11.7 Å². The molecule has 0 aliphatic rings. The van der Waals surface area contributed by atoms with Gasteiger partial charge in [0, 0.05) is 16.8 Å². The van der Waals surface area contributed by atoms with Crippen molar-refractivity contribution in [2.45, 2.75) is 33.4 Å². The molecule has 0 radical (unpaired) electrons. The van der Waals surface area contributed by atoms with Crippen LogP contribution in [-0.2, 0) is 11.3 Å². The second-order valence-corrected chi connectivity index (χ2v) is 5.69. The summed E-state index contributed by atoms with van der Waals surface area (Å²) >= 11 is 5.85. The van der Waals surface area contributed by atoms with Crippen molar-refractivity contribution in [3.8, 4) is 0 Å². The second kappa shape index (κ2) is 6.74. The predicted molar refractivity (Wildman–Crippen MR) is 84.8 cm³/mol. The number of carbonyl (C=O) groups is 2. The molecule has 1 amide bonds. The van der Waals surface area contributed by atoms with Crippen molar-refractivity contribution in [2.75, 3.05) is 4.90 Å². The van der Waals surface area contributed by atoms with Gasteiger partial charge in [-0.1, -0.05) is 11.6 Å². The molecule has 0 atom stereocenters. The lowest BCUT2D eigenvalue weighted by Crippen LogP contribution is -2.44. The van der Waals surface area contributed by atoms with Gasteiger partial charge in [0.15, 0.2) is 5.78 Å². The van der Waals surface area contributed by atoms with Gasteiger partial charge in [-0.05, 0) is 55.5 Å². The smallest absolute Gasteiger partial charge is 0.298 e. The third kappa shape index (κ3) is 3.65. The van der Waals surface area contributed by atoms with E-state index in [0.29, 0.717) is 15.4 Å². The van der Waals surface area contributed by atoms with E-state index in [1.807, 2.05) is 0 Å². The van der Waals surface area contributed by atoms with Gasteiger partial charge in [0.2, 0.25) is 0 Å². The van der Waals surface area contributed by atoms with Gasteiger partial charge < -0.3 is 0 Å². The third-order valence-electron chi connectivity index (χ3n) is 3.02. The minimum absolute atomic E-state index is 0.227. The first-order valence-electron chi connectivity index (χ1n) is 6.92. The maximum absolute atomic E-state index is 12.6. The lowest BCUT2D eigenvalue weighted by molar-refractivity contribution is -0.117. The molecule has 2 rings (SSSR count). The van der Waals surface area contributed by atoms with Crippen LogP contribution in [0.5, 0.6) is 0 Å². The first-order chi connectivity index (χ1) is 10.8. The van der Waals surface area contributed by atoms with Crippen LogP contribution in [0.3, 0.4) is 0 Å². The zero-order valence-corrected chi connectivity index (χ0v) is 13.7. The summed E-state index contributed by atoms with van der Waals surface area (Å²) in [5, 5.41) is 7.65. The summed E-state index contributed by atoms with van der Waals surface area (Å²) in [4.78, 5) is 37.3. The molecule has 1 aromatic carbocycles. The molecule has 0 aliphatic carbocycles. The lowest BCUT2D eigenvalue weighted by Gasteiger charge is -2.25. The highest BCUT2D eigenvalue weighted by atomic mass is 35.5. The predicted octanol–water partition coefficient (Wildman–Crippen LogP) is 1.57. The molecule has 0 fully saturated rings. The van der Waals surface area contributed by atoms with Crippen molar-refractivity contribution in [2.24, 2.45) is 0 Å². The molecule has 1 heterocycles. The number of anilines is 1. The fourth-order valence-corrected chi connectivity index (χ4v) is 2.16. The second-order valence-electron chi connectivity index (χ2n) is 5.26. The normalized spacial score (nSPS) is 10.8. The fourth-order valence-electron chi connectivity index (χ4n) is 2.04. The van der Waals surface area contributed by atoms with Crippen molar-refractivity contribution < 1.29 is 9.59 Å². The number of hydrogen-bond acceptors (Lipinski definition) is 5. The molecule has 9 heteroatoms. The van der Waals surface area contributed by atoms with E-state index in [9.17, 15) is 14.4 Å². The summed E-state index contributed by atoms with van der Waals surface area (Å²) in [7, 11) is 0. The van der Waals surface area contributed by atoms with E-state index >= 15 is 0 Å². The van der Waals surface area contributed by atoms with Crippen LogP contribution in [0, 0.1) is 0 Å². The van der Waals surface area contributed by atoms with Gasteiger partial charge in [0.25, 0.3) is 0 Å². The Morgan fingerprint density at radius 2 is 1.83 bits per heavy atom. The van der Waals surface area contributed by atoms with Crippen molar-refractivity contribution in [3.05, 3.63) is 39.8 Å². The average Bonchev–Trinajstić information content (AvgIpc) is 2.81. The Hall–Kier alpha value is -2.48. The van der Waals surface area contributed by atoms with Crippen LogP contribution in [0.15, 0.2) is 29.1 Å². The van der Waals surface area contributed by atoms with E-state index in [4.69, 9.17) is 11.6 Å². The molecule has 1 aromatic heterocycles. The number of hydrogen-bond donors (Lipinski definition) is 0. The minimum Gasteiger partial charge on any atom is -0.298 e. The van der Waals surface area contributed by atoms with Crippen LogP contribution in [0.2, 0.25) is 5.02 Å². The lowest BCUT2D eigenvalue weighted by atomic mass is 10.2. The summed E-state index contributed by atoms with van der Waals surface area (Å²) in [6.07, 6.45) is 0. The summed E-state index contributed by atoms with van der Waals surface area (Å²) in [6.45, 7) is 4.70. The number of halogens is 1. The molecule has 23 heavy (non-hydrogen) atoms. The van der Waals surface area contributed by atoms with Gasteiger partial charge in [-0.15, -0.1) is 4.68 Å². The number of nitrogens with zero attached hydrogens (tertiary/aromatic N) is 5. The fraction of sp³-hybridized carbons (Fsp3) is 0.357. The number of ketones is 1. The van der Waals surface area contributed by atoms with E-state index in [0.717, 1.165) is 4.68 Å². The number of benzene rings is 1. The van der Waals surface area contributed by atoms with E-state index in [1.54, 1.807) is 38.1 Å². The zero-order chi connectivity index (χ0) is 17.1. The largest absolute Gasteiger partial charge is 0.372 e. The van der Waals surface area contributed by atoms with Crippen molar-refractivity contribution in [3.63, 3.8) is 0 Å². The van der Waals surface area contributed by atoms with Gasteiger partial charge in [-0.2, -0.15) is 4.68 Å². The summed E-state index contributed by atoms with van der Waals surface area (Å²) < 4.78 is 1.48. The molecule has 0 spiro atoms. The van der Waals surface area contributed by atoms with Gasteiger partial charge in [-0.25, -0.2) is 9.59 Å². The number of rotatable bonds is 4. The Balaban J connectivity index is 2.39.